The van der Waals surface area contributed by atoms with E-state index in [2.05, 4.69) is 4.90 Å². The van der Waals surface area contributed by atoms with Crippen LogP contribution in [0.3, 0.4) is 0 Å². The summed E-state index contributed by atoms with van der Waals surface area (Å²) in [5, 5.41) is 10.5. The fourth-order valence-corrected chi connectivity index (χ4v) is 3.96. The predicted molar refractivity (Wildman–Crippen MR) is 106 cm³/mol. The van der Waals surface area contributed by atoms with E-state index in [4.69, 9.17) is 13.9 Å². The van der Waals surface area contributed by atoms with E-state index in [1.807, 2.05) is 30.3 Å². The Morgan fingerprint density at radius 3 is 2.64 bits per heavy atom. The van der Waals surface area contributed by atoms with Crippen LogP contribution in [0.2, 0.25) is 0 Å². The van der Waals surface area contributed by atoms with E-state index in [-0.39, 0.29) is 12.2 Å². The molecule has 2 aromatic rings. The lowest BCUT2D eigenvalue weighted by Gasteiger charge is -2.29. The van der Waals surface area contributed by atoms with Crippen LogP contribution in [0.15, 0.2) is 39.5 Å². The summed E-state index contributed by atoms with van der Waals surface area (Å²) in [6.07, 6.45) is 3.01. The lowest BCUT2D eigenvalue weighted by molar-refractivity contribution is 0.00453. The topological polar surface area (TPSA) is 72.1 Å². The van der Waals surface area contributed by atoms with E-state index in [1.54, 1.807) is 0 Å². The fraction of sp³-hybridized carbons (Fsp3) is 0.500. The Morgan fingerprint density at radius 2 is 1.86 bits per heavy atom. The van der Waals surface area contributed by atoms with Crippen LogP contribution < -0.4 is 10.4 Å². The largest absolute Gasteiger partial charge is 0.489 e. The van der Waals surface area contributed by atoms with Gasteiger partial charge in [0.05, 0.1) is 13.2 Å². The second kappa shape index (κ2) is 8.90. The molecule has 0 amide bonds. The lowest BCUT2D eigenvalue weighted by atomic mass is 9.93. The molecular formula is C22H27NO5. The molecule has 2 aliphatic rings. The van der Waals surface area contributed by atoms with Crippen LogP contribution in [0.25, 0.3) is 11.1 Å². The van der Waals surface area contributed by atoms with Crippen molar-refractivity contribution in [1.82, 2.24) is 4.90 Å². The third-order valence-electron chi connectivity index (χ3n) is 5.39. The first-order chi connectivity index (χ1) is 13.7. The van der Waals surface area contributed by atoms with Gasteiger partial charge >= 0.3 is 5.63 Å². The first kappa shape index (κ1) is 19.2. The lowest BCUT2D eigenvalue weighted by Crippen LogP contribution is -2.42. The Morgan fingerprint density at radius 1 is 1.11 bits per heavy atom. The monoisotopic (exact) mass is 385 g/mol. The molecule has 4 rings (SSSR count). The minimum absolute atomic E-state index is 0.146. The average molecular weight is 385 g/mol. The number of β-amino-alcohol motifs (C(OH)–C–C–N with tert-alkyl or cyclic N) is 1. The van der Waals surface area contributed by atoms with Crippen molar-refractivity contribution in [3.8, 4) is 16.9 Å². The first-order valence-corrected chi connectivity index (χ1v) is 10.1. The molecule has 2 heterocycles. The molecule has 0 radical (unpaired) electrons. The number of morpholine rings is 1. The summed E-state index contributed by atoms with van der Waals surface area (Å²) in [7, 11) is 0. The predicted octanol–water partition coefficient (Wildman–Crippen LogP) is 2.26. The summed E-state index contributed by atoms with van der Waals surface area (Å²) in [6, 6.07) is 9.48. The van der Waals surface area contributed by atoms with Crippen molar-refractivity contribution < 1.29 is 19.0 Å². The van der Waals surface area contributed by atoms with E-state index >= 15 is 0 Å². The van der Waals surface area contributed by atoms with Gasteiger partial charge in [0.15, 0.2) is 0 Å². The Bertz CT molecular complexity index is 842. The molecule has 1 saturated heterocycles. The molecule has 6 nitrogen and oxygen atoms in total. The number of nitrogens with zero attached hydrogens (tertiary/aromatic N) is 1. The maximum Gasteiger partial charge on any atom is 0.347 e. The Labute approximate surface area is 164 Å². The van der Waals surface area contributed by atoms with Gasteiger partial charge in [-0.2, -0.15) is 0 Å². The van der Waals surface area contributed by atoms with Gasteiger partial charge in [0.1, 0.15) is 29.8 Å². The van der Waals surface area contributed by atoms with Crippen molar-refractivity contribution in [3.63, 3.8) is 0 Å². The highest BCUT2D eigenvalue weighted by atomic mass is 16.5. The van der Waals surface area contributed by atoms with Gasteiger partial charge in [-0.25, -0.2) is 4.79 Å². The molecule has 1 aromatic heterocycles. The smallest absolute Gasteiger partial charge is 0.347 e. The van der Waals surface area contributed by atoms with Crippen molar-refractivity contribution in [2.24, 2.45) is 0 Å². The third kappa shape index (κ3) is 4.29. The van der Waals surface area contributed by atoms with Crippen LogP contribution in [-0.2, 0) is 17.6 Å². The van der Waals surface area contributed by atoms with Crippen LogP contribution in [0, 0.1) is 0 Å². The molecule has 150 valence electrons. The van der Waals surface area contributed by atoms with Gasteiger partial charge in [0.2, 0.25) is 0 Å². The first-order valence-electron chi connectivity index (χ1n) is 10.1. The molecule has 0 spiro atoms. The Hall–Kier alpha value is -2.15. The van der Waals surface area contributed by atoms with Gasteiger partial charge < -0.3 is 19.0 Å². The zero-order valence-electron chi connectivity index (χ0n) is 16.1. The summed E-state index contributed by atoms with van der Waals surface area (Å²) < 4.78 is 17.1. The van der Waals surface area contributed by atoms with Crippen molar-refractivity contribution >= 4 is 0 Å². The van der Waals surface area contributed by atoms with E-state index in [0.29, 0.717) is 31.1 Å². The molecule has 1 aliphatic carbocycles. The van der Waals surface area contributed by atoms with E-state index in [1.165, 1.54) is 0 Å². The molecule has 0 bridgehead atoms. The number of rotatable bonds is 6. The molecule has 1 unspecified atom stereocenters. The summed E-state index contributed by atoms with van der Waals surface area (Å²) >= 11 is 0. The Balaban J connectivity index is 1.59. The molecule has 28 heavy (non-hydrogen) atoms. The zero-order chi connectivity index (χ0) is 19.3. The van der Waals surface area contributed by atoms with Crippen LogP contribution in [0.5, 0.6) is 5.75 Å². The molecule has 0 saturated carbocycles. The van der Waals surface area contributed by atoms with Gasteiger partial charge in [-0.3, -0.25) is 4.90 Å². The molecular weight excluding hydrogens is 358 g/mol. The normalized spacial score (nSPS) is 18.5. The standard InChI is InChI=1S/C22H27NO5/c24-17(14-23-10-12-26-13-11-23)15-27-21-18-8-4-5-9-19(18)28-22(25)20(21)16-6-2-1-3-7-16/h1-3,6-7,17,24H,4-5,8-15H2. The van der Waals surface area contributed by atoms with E-state index < -0.39 is 6.10 Å². The van der Waals surface area contributed by atoms with Crippen LogP contribution >= 0.6 is 0 Å². The van der Waals surface area contributed by atoms with E-state index in [9.17, 15) is 9.90 Å². The molecule has 1 fully saturated rings. The second-order valence-corrected chi connectivity index (χ2v) is 7.45. The van der Waals surface area contributed by atoms with E-state index in [0.717, 1.165) is 55.7 Å². The third-order valence-corrected chi connectivity index (χ3v) is 5.39. The van der Waals surface area contributed by atoms with Gasteiger partial charge in [0.25, 0.3) is 0 Å². The number of aliphatic hydroxyl groups is 1. The van der Waals surface area contributed by atoms with Crippen LogP contribution in [-0.4, -0.2) is 55.6 Å². The van der Waals surface area contributed by atoms with Crippen molar-refractivity contribution in [2.45, 2.75) is 31.8 Å². The van der Waals surface area contributed by atoms with Gasteiger partial charge in [-0.05, 0) is 24.8 Å². The number of hydrogen-bond donors (Lipinski definition) is 1. The summed E-state index contributed by atoms with van der Waals surface area (Å²) in [5.41, 5.74) is 1.84. The van der Waals surface area contributed by atoms with Crippen LogP contribution in [0.1, 0.15) is 24.2 Å². The quantitative estimate of drug-likeness (QED) is 0.822. The highest BCUT2D eigenvalue weighted by Crippen LogP contribution is 2.36. The maximum absolute atomic E-state index is 12.7. The zero-order valence-corrected chi connectivity index (χ0v) is 16.1. The Kier molecular flexibility index (Phi) is 6.10. The van der Waals surface area contributed by atoms with Crippen molar-refractivity contribution in [2.75, 3.05) is 39.5 Å². The van der Waals surface area contributed by atoms with Gasteiger partial charge in [-0.1, -0.05) is 30.3 Å². The summed E-state index contributed by atoms with van der Waals surface area (Å²) in [6.45, 7) is 3.70. The van der Waals surface area contributed by atoms with Gasteiger partial charge in [0, 0.05) is 31.6 Å². The number of hydrogen-bond acceptors (Lipinski definition) is 6. The maximum atomic E-state index is 12.7. The highest BCUT2D eigenvalue weighted by molar-refractivity contribution is 5.71. The fourth-order valence-electron chi connectivity index (χ4n) is 3.96. The van der Waals surface area contributed by atoms with Crippen molar-refractivity contribution in [1.29, 1.82) is 0 Å². The summed E-state index contributed by atoms with van der Waals surface area (Å²) in [5.74, 6) is 1.31. The SMILES string of the molecule is O=c1oc2c(c(OCC(O)CN3CCOCC3)c1-c1ccccc1)CCCC2. The molecule has 1 aliphatic heterocycles. The minimum Gasteiger partial charge on any atom is -0.489 e. The molecule has 1 N–H and O–H groups in total. The minimum atomic E-state index is -0.631. The number of fused-ring (bicyclic) bond motifs is 1. The van der Waals surface area contributed by atoms with Crippen LogP contribution in [0.4, 0.5) is 0 Å². The van der Waals surface area contributed by atoms with Gasteiger partial charge in [-0.15, -0.1) is 0 Å². The molecule has 1 atom stereocenters. The number of ether oxygens (including phenoxy) is 2. The number of aryl methyl sites for hydroxylation is 1. The number of aliphatic hydroxyl groups excluding tert-OH is 1. The number of benzene rings is 1. The van der Waals surface area contributed by atoms with Crippen molar-refractivity contribution in [3.05, 3.63) is 52.1 Å². The molecule has 6 heteroatoms. The highest BCUT2D eigenvalue weighted by Gasteiger charge is 2.25. The second-order valence-electron chi connectivity index (χ2n) is 7.45. The summed E-state index contributed by atoms with van der Waals surface area (Å²) in [4.78, 5) is 14.9. The average Bonchev–Trinajstić information content (AvgIpc) is 2.73. The molecule has 1 aromatic carbocycles.